The molecule has 1 saturated carbocycles. The van der Waals surface area contributed by atoms with E-state index < -0.39 is 22.2 Å². The van der Waals surface area contributed by atoms with Gasteiger partial charge in [0.05, 0.1) is 18.0 Å². The third-order valence-corrected chi connectivity index (χ3v) is 4.69. The molecule has 1 atom stereocenters. The summed E-state index contributed by atoms with van der Waals surface area (Å²) in [5.74, 6) is 0.370. The highest BCUT2D eigenvalue weighted by atomic mass is 32.2. The van der Waals surface area contributed by atoms with Crippen LogP contribution in [0.25, 0.3) is 0 Å². The van der Waals surface area contributed by atoms with Crippen LogP contribution in [0.1, 0.15) is 39.0 Å². The summed E-state index contributed by atoms with van der Waals surface area (Å²) in [5.41, 5.74) is -1.39. The molecular weight excluding hydrogens is 242 g/mol. The van der Waals surface area contributed by atoms with Gasteiger partial charge >= 0.3 is 0 Å². The highest BCUT2D eigenvalue weighted by molar-refractivity contribution is 7.89. The second-order valence-corrected chi connectivity index (χ2v) is 7.11. The predicted octanol–water partition coefficient (Wildman–Crippen LogP) is 0.229. The molecule has 0 aromatic rings. The molecule has 0 radical (unpaired) electrons. The molecule has 0 aliphatic heterocycles. The van der Waals surface area contributed by atoms with Crippen LogP contribution in [0.4, 0.5) is 0 Å². The Labute approximate surface area is 103 Å². The summed E-state index contributed by atoms with van der Waals surface area (Å²) in [6.45, 7) is 0.799. The van der Waals surface area contributed by atoms with Gasteiger partial charge in [-0.05, 0) is 25.7 Å². The maximum Gasteiger partial charge on any atom is 0.211 e. The molecule has 1 rings (SSSR count). The van der Waals surface area contributed by atoms with Gasteiger partial charge in [-0.25, -0.2) is 13.1 Å². The fraction of sp³-hybridized carbons (Fsp3) is 1.00. The molecule has 0 bridgehead atoms. The van der Waals surface area contributed by atoms with Gasteiger partial charge in [-0.3, -0.25) is 0 Å². The molecular formula is C11H23NO4S. The van der Waals surface area contributed by atoms with Crippen LogP contribution in [0, 0.1) is 5.92 Å². The summed E-state index contributed by atoms with van der Waals surface area (Å²) >= 11 is 0. The second kappa shape index (κ2) is 6.13. The lowest BCUT2D eigenvalue weighted by molar-refractivity contribution is 0.00679. The number of sulfonamides is 1. The molecule has 0 spiro atoms. The van der Waals surface area contributed by atoms with Crippen molar-refractivity contribution >= 4 is 10.0 Å². The summed E-state index contributed by atoms with van der Waals surface area (Å²) in [6, 6.07) is 0. The highest BCUT2D eigenvalue weighted by Gasteiger charge is 2.25. The summed E-state index contributed by atoms with van der Waals surface area (Å²) in [5, 5.41) is 18.3. The van der Waals surface area contributed by atoms with E-state index in [-0.39, 0.29) is 18.2 Å². The molecule has 1 aliphatic carbocycles. The van der Waals surface area contributed by atoms with E-state index in [1.54, 1.807) is 0 Å². The minimum atomic E-state index is -3.35. The Kier molecular flexibility index (Phi) is 5.37. The van der Waals surface area contributed by atoms with Crippen molar-refractivity contribution in [3.8, 4) is 0 Å². The van der Waals surface area contributed by atoms with Crippen molar-refractivity contribution in [2.45, 2.75) is 44.6 Å². The maximum absolute atomic E-state index is 11.8. The molecule has 0 amide bonds. The monoisotopic (exact) mass is 265 g/mol. The fourth-order valence-electron chi connectivity index (χ4n) is 2.04. The number of hydrogen-bond donors (Lipinski definition) is 3. The predicted molar refractivity (Wildman–Crippen MR) is 66.1 cm³/mol. The quantitative estimate of drug-likeness (QED) is 0.641. The van der Waals surface area contributed by atoms with Crippen LogP contribution in [0.15, 0.2) is 0 Å². The lowest BCUT2D eigenvalue weighted by atomic mass is 9.91. The molecule has 3 N–H and O–H groups in total. The topological polar surface area (TPSA) is 86.6 Å². The third kappa shape index (κ3) is 5.81. The number of aliphatic hydroxyl groups excluding tert-OH is 1. The van der Waals surface area contributed by atoms with Crippen molar-refractivity contribution < 1.29 is 18.6 Å². The van der Waals surface area contributed by atoms with Crippen molar-refractivity contribution in [3.63, 3.8) is 0 Å². The number of nitrogens with one attached hydrogen (secondary N) is 1. The number of aliphatic hydroxyl groups is 2. The van der Waals surface area contributed by atoms with Gasteiger partial charge in [0, 0.05) is 6.54 Å². The van der Waals surface area contributed by atoms with E-state index in [4.69, 9.17) is 5.11 Å². The van der Waals surface area contributed by atoms with Crippen LogP contribution < -0.4 is 4.72 Å². The molecule has 5 nitrogen and oxygen atoms in total. The first kappa shape index (κ1) is 14.9. The minimum Gasteiger partial charge on any atom is -0.393 e. The number of rotatable bonds is 6. The van der Waals surface area contributed by atoms with Crippen molar-refractivity contribution in [2.75, 3.05) is 18.9 Å². The van der Waals surface area contributed by atoms with E-state index in [1.165, 1.54) is 13.3 Å². The normalized spacial score (nSPS) is 22.3. The first-order valence-electron chi connectivity index (χ1n) is 6.15. The molecule has 1 aliphatic rings. The van der Waals surface area contributed by atoms with Crippen LogP contribution in [0.5, 0.6) is 0 Å². The summed E-state index contributed by atoms with van der Waals surface area (Å²) < 4.78 is 25.9. The fourth-order valence-corrected chi connectivity index (χ4v) is 3.65. The molecule has 6 heteroatoms. The molecule has 0 aromatic carbocycles. The van der Waals surface area contributed by atoms with E-state index in [9.17, 15) is 13.5 Å². The zero-order chi connectivity index (χ0) is 12.9. The lowest BCUT2D eigenvalue weighted by Crippen LogP contribution is -2.44. The van der Waals surface area contributed by atoms with E-state index >= 15 is 0 Å². The maximum atomic E-state index is 11.8. The molecule has 1 fully saturated rings. The van der Waals surface area contributed by atoms with Gasteiger partial charge in [-0.1, -0.05) is 19.3 Å². The van der Waals surface area contributed by atoms with Crippen LogP contribution >= 0.6 is 0 Å². The Morgan fingerprint density at radius 1 is 1.29 bits per heavy atom. The Balaban J connectivity index is 2.40. The average Bonchev–Trinajstić information content (AvgIpc) is 2.28. The van der Waals surface area contributed by atoms with Crippen molar-refractivity contribution in [1.29, 1.82) is 0 Å². The van der Waals surface area contributed by atoms with Crippen molar-refractivity contribution in [3.05, 3.63) is 0 Å². The van der Waals surface area contributed by atoms with Crippen LogP contribution in [0.3, 0.4) is 0 Å². The highest BCUT2D eigenvalue weighted by Crippen LogP contribution is 2.24. The third-order valence-electron chi connectivity index (χ3n) is 3.19. The SMILES string of the molecule is CC(O)(CO)CNS(=O)(=O)CC1CCCCC1. The van der Waals surface area contributed by atoms with Crippen LogP contribution in [-0.2, 0) is 10.0 Å². The van der Waals surface area contributed by atoms with Crippen molar-refractivity contribution in [1.82, 2.24) is 4.72 Å². The zero-order valence-corrected chi connectivity index (χ0v) is 11.2. The zero-order valence-electron chi connectivity index (χ0n) is 10.4. The van der Waals surface area contributed by atoms with Gasteiger partial charge in [0.15, 0.2) is 0 Å². The largest absolute Gasteiger partial charge is 0.393 e. The molecule has 0 saturated heterocycles. The van der Waals surface area contributed by atoms with Gasteiger partial charge in [-0.2, -0.15) is 0 Å². The van der Waals surface area contributed by atoms with Crippen LogP contribution in [0.2, 0.25) is 0 Å². The molecule has 0 heterocycles. The van der Waals surface area contributed by atoms with E-state index in [1.807, 2.05) is 0 Å². The molecule has 17 heavy (non-hydrogen) atoms. The lowest BCUT2D eigenvalue weighted by Gasteiger charge is -2.24. The van der Waals surface area contributed by atoms with Crippen molar-refractivity contribution in [2.24, 2.45) is 5.92 Å². The Morgan fingerprint density at radius 3 is 2.41 bits per heavy atom. The first-order chi connectivity index (χ1) is 7.85. The Hall–Kier alpha value is -0.170. The average molecular weight is 265 g/mol. The molecule has 1 unspecified atom stereocenters. The van der Waals surface area contributed by atoms with Crippen LogP contribution in [-0.4, -0.2) is 43.1 Å². The Morgan fingerprint density at radius 2 is 1.88 bits per heavy atom. The van der Waals surface area contributed by atoms with E-state index in [0.717, 1.165) is 25.7 Å². The standard InChI is InChI=1S/C11H23NO4S/c1-11(14,9-13)8-12-17(15,16)7-10-5-3-2-4-6-10/h10,12-14H,2-9H2,1H3. The minimum absolute atomic E-state index is 0.133. The molecule has 0 aromatic heterocycles. The summed E-state index contributed by atoms with van der Waals surface area (Å²) in [7, 11) is -3.35. The first-order valence-corrected chi connectivity index (χ1v) is 7.80. The van der Waals surface area contributed by atoms with Gasteiger partial charge in [0.2, 0.25) is 10.0 Å². The van der Waals surface area contributed by atoms with E-state index in [2.05, 4.69) is 4.72 Å². The van der Waals surface area contributed by atoms with Gasteiger partial charge < -0.3 is 10.2 Å². The summed E-state index contributed by atoms with van der Waals surface area (Å²) in [4.78, 5) is 0. The summed E-state index contributed by atoms with van der Waals surface area (Å²) in [6.07, 6.45) is 5.35. The Bertz CT molecular complexity index is 320. The second-order valence-electron chi connectivity index (χ2n) is 5.26. The smallest absolute Gasteiger partial charge is 0.211 e. The van der Waals surface area contributed by atoms with E-state index in [0.29, 0.717) is 0 Å². The van der Waals surface area contributed by atoms with Gasteiger partial charge in [-0.15, -0.1) is 0 Å². The molecule has 102 valence electrons. The number of hydrogen-bond acceptors (Lipinski definition) is 4. The van der Waals surface area contributed by atoms with Gasteiger partial charge in [0.1, 0.15) is 0 Å². The van der Waals surface area contributed by atoms with Gasteiger partial charge in [0.25, 0.3) is 0 Å².